The highest BCUT2D eigenvalue weighted by molar-refractivity contribution is 5.38. The normalized spacial score (nSPS) is 10.2. The van der Waals surface area contributed by atoms with Crippen molar-refractivity contribution in [1.29, 1.82) is 0 Å². The van der Waals surface area contributed by atoms with Gasteiger partial charge in [0.2, 0.25) is 11.9 Å². The third kappa shape index (κ3) is 4.01. The van der Waals surface area contributed by atoms with Crippen molar-refractivity contribution in [2.75, 3.05) is 30.4 Å². The van der Waals surface area contributed by atoms with Crippen molar-refractivity contribution in [1.82, 2.24) is 19.9 Å². The maximum atomic E-state index is 5.14. The zero-order valence-electron chi connectivity index (χ0n) is 12.6. The highest BCUT2D eigenvalue weighted by Crippen LogP contribution is 2.16. The summed E-state index contributed by atoms with van der Waals surface area (Å²) in [4.78, 5) is 19.3. The van der Waals surface area contributed by atoms with E-state index in [2.05, 4.69) is 25.3 Å². The minimum Gasteiger partial charge on any atom is -0.467 e. The summed E-state index contributed by atoms with van der Waals surface area (Å²) in [5, 5.41) is 3.08. The molecule has 2 heterocycles. The molecule has 0 amide bonds. The van der Waals surface area contributed by atoms with E-state index in [1.807, 2.05) is 36.9 Å². The maximum Gasteiger partial charge on any atom is 0.322 e. The third-order valence-electron chi connectivity index (χ3n) is 2.86. The Morgan fingerprint density at radius 1 is 1.19 bits per heavy atom. The quantitative estimate of drug-likeness (QED) is 0.831. The van der Waals surface area contributed by atoms with E-state index in [0.717, 1.165) is 18.8 Å². The number of hydrogen-bond donors (Lipinski definition) is 1. The first-order valence-electron chi connectivity index (χ1n) is 6.95. The van der Waals surface area contributed by atoms with Crippen LogP contribution >= 0.6 is 0 Å². The Morgan fingerprint density at radius 2 is 2.05 bits per heavy atom. The Hall–Kier alpha value is -2.44. The first-order valence-corrected chi connectivity index (χ1v) is 6.95. The van der Waals surface area contributed by atoms with E-state index in [9.17, 15) is 0 Å². The van der Waals surface area contributed by atoms with Crippen LogP contribution in [-0.4, -0.2) is 40.1 Å². The Balaban J connectivity index is 2.26. The molecule has 7 nitrogen and oxygen atoms in total. The summed E-state index contributed by atoms with van der Waals surface area (Å²) in [6.07, 6.45) is 1.78. The summed E-state index contributed by atoms with van der Waals surface area (Å²) in [6.45, 7) is 6.16. The molecule has 0 radical (unpaired) electrons. The number of anilines is 2. The first-order chi connectivity index (χ1) is 10.3. The van der Waals surface area contributed by atoms with Crippen LogP contribution < -0.4 is 15.0 Å². The highest BCUT2D eigenvalue weighted by Gasteiger charge is 2.13. The largest absolute Gasteiger partial charge is 0.467 e. The van der Waals surface area contributed by atoms with Crippen molar-refractivity contribution >= 4 is 11.9 Å². The van der Waals surface area contributed by atoms with Crippen LogP contribution in [0.15, 0.2) is 24.4 Å². The van der Waals surface area contributed by atoms with Crippen LogP contribution in [0.25, 0.3) is 0 Å². The number of rotatable bonds is 7. The van der Waals surface area contributed by atoms with Crippen molar-refractivity contribution in [2.45, 2.75) is 20.4 Å². The van der Waals surface area contributed by atoms with E-state index >= 15 is 0 Å². The van der Waals surface area contributed by atoms with E-state index in [1.54, 1.807) is 13.3 Å². The van der Waals surface area contributed by atoms with Gasteiger partial charge in [-0.1, -0.05) is 6.07 Å². The molecule has 112 valence electrons. The number of nitrogens with one attached hydrogen (secondary N) is 1. The lowest BCUT2D eigenvalue weighted by Crippen LogP contribution is -2.25. The van der Waals surface area contributed by atoms with Gasteiger partial charge in [-0.3, -0.25) is 4.98 Å². The zero-order valence-corrected chi connectivity index (χ0v) is 12.6. The van der Waals surface area contributed by atoms with Gasteiger partial charge in [0.15, 0.2) is 0 Å². The number of methoxy groups -OCH3 is 1. The summed E-state index contributed by atoms with van der Waals surface area (Å²) >= 11 is 0. The van der Waals surface area contributed by atoms with Gasteiger partial charge in [0, 0.05) is 19.3 Å². The van der Waals surface area contributed by atoms with Crippen LogP contribution in [0, 0.1) is 0 Å². The van der Waals surface area contributed by atoms with Gasteiger partial charge >= 0.3 is 6.01 Å². The molecule has 2 aromatic heterocycles. The monoisotopic (exact) mass is 288 g/mol. The number of ether oxygens (including phenoxy) is 1. The molecule has 7 heteroatoms. The minimum absolute atomic E-state index is 0.301. The highest BCUT2D eigenvalue weighted by atomic mass is 16.5. The molecule has 0 atom stereocenters. The second-order valence-electron chi connectivity index (χ2n) is 4.31. The lowest BCUT2D eigenvalue weighted by atomic mass is 10.3. The average molecular weight is 288 g/mol. The van der Waals surface area contributed by atoms with E-state index < -0.39 is 0 Å². The molecule has 0 unspecified atom stereocenters. The van der Waals surface area contributed by atoms with E-state index in [4.69, 9.17) is 4.74 Å². The molecule has 0 bridgehead atoms. The molecule has 2 rings (SSSR count). The SMILES string of the molecule is CCNc1nc(OC)nc(N(CC)Cc2ccccn2)n1. The van der Waals surface area contributed by atoms with Crippen molar-refractivity contribution in [3.63, 3.8) is 0 Å². The second kappa shape index (κ2) is 7.37. The number of hydrogen-bond acceptors (Lipinski definition) is 7. The molecule has 0 aliphatic heterocycles. The van der Waals surface area contributed by atoms with Crippen molar-refractivity contribution < 1.29 is 4.74 Å². The van der Waals surface area contributed by atoms with Gasteiger partial charge in [-0.05, 0) is 26.0 Å². The third-order valence-corrected chi connectivity index (χ3v) is 2.86. The Kier molecular flexibility index (Phi) is 5.25. The van der Waals surface area contributed by atoms with Crippen molar-refractivity contribution in [2.24, 2.45) is 0 Å². The fourth-order valence-corrected chi connectivity index (χ4v) is 1.83. The standard InChI is InChI=1S/C14H20N6O/c1-4-15-12-17-13(19-14(18-12)21-3)20(5-2)10-11-8-6-7-9-16-11/h6-9H,4-5,10H2,1-3H3,(H,15,17,18,19). The van der Waals surface area contributed by atoms with Gasteiger partial charge in [-0.15, -0.1) is 0 Å². The molecular weight excluding hydrogens is 268 g/mol. The van der Waals surface area contributed by atoms with Crippen molar-refractivity contribution in [3.8, 4) is 6.01 Å². The number of nitrogens with zero attached hydrogens (tertiary/aromatic N) is 5. The second-order valence-corrected chi connectivity index (χ2v) is 4.31. The van der Waals surface area contributed by atoms with Crippen LogP contribution in [0.4, 0.5) is 11.9 Å². The predicted molar refractivity (Wildman–Crippen MR) is 81.5 cm³/mol. The Morgan fingerprint density at radius 3 is 2.67 bits per heavy atom. The summed E-state index contributed by atoms with van der Waals surface area (Å²) in [7, 11) is 1.55. The molecule has 1 N–H and O–H groups in total. The van der Waals surface area contributed by atoms with E-state index in [0.29, 0.717) is 24.5 Å². The number of aromatic nitrogens is 4. The summed E-state index contributed by atoms with van der Waals surface area (Å²) in [5.41, 5.74) is 0.962. The van der Waals surface area contributed by atoms with Crippen LogP contribution in [0.1, 0.15) is 19.5 Å². The smallest absolute Gasteiger partial charge is 0.322 e. The van der Waals surface area contributed by atoms with Gasteiger partial charge in [-0.25, -0.2) is 0 Å². The van der Waals surface area contributed by atoms with Gasteiger partial charge in [0.25, 0.3) is 0 Å². The van der Waals surface area contributed by atoms with E-state index in [1.165, 1.54) is 0 Å². The molecule has 0 fully saturated rings. The van der Waals surface area contributed by atoms with Gasteiger partial charge < -0.3 is 15.0 Å². The molecule has 0 aliphatic rings. The molecule has 0 saturated carbocycles. The average Bonchev–Trinajstić information content (AvgIpc) is 2.53. The lowest BCUT2D eigenvalue weighted by Gasteiger charge is -2.21. The predicted octanol–water partition coefficient (Wildman–Crippen LogP) is 1.73. The van der Waals surface area contributed by atoms with Crippen molar-refractivity contribution in [3.05, 3.63) is 30.1 Å². The Bertz CT molecular complexity index is 563. The maximum absolute atomic E-state index is 5.14. The van der Waals surface area contributed by atoms with Crippen LogP contribution in [-0.2, 0) is 6.54 Å². The fraction of sp³-hybridized carbons (Fsp3) is 0.429. The topological polar surface area (TPSA) is 76.1 Å². The molecule has 2 aromatic rings. The van der Waals surface area contributed by atoms with Crippen LogP contribution in [0.5, 0.6) is 6.01 Å². The number of pyridine rings is 1. The van der Waals surface area contributed by atoms with Gasteiger partial charge in [-0.2, -0.15) is 15.0 Å². The van der Waals surface area contributed by atoms with Crippen LogP contribution in [0.2, 0.25) is 0 Å². The summed E-state index contributed by atoms with van der Waals surface area (Å²) in [5.74, 6) is 1.09. The van der Waals surface area contributed by atoms with E-state index in [-0.39, 0.29) is 0 Å². The molecule has 0 aliphatic carbocycles. The molecule has 0 aromatic carbocycles. The molecule has 0 saturated heterocycles. The first kappa shape index (κ1) is 15.0. The van der Waals surface area contributed by atoms with Gasteiger partial charge in [0.05, 0.1) is 19.3 Å². The summed E-state index contributed by atoms with van der Waals surface area (Å²) in [6, 6.07) is 6.14. The fourth-order valence-electron chi connectivity index (χ4n) is 1.83. The van der Waals surface area contributed by atoms with Gasteiger partial charge in [0.1, 0.15) is 0 Å². The zero-order chi connectivity index (χ0) is 15.1. The minimum atomic E-state index is 0.301. The molecule has 0 spiro atoms. The lowest BCUT2D eigenvalue weighted by molar-refractivity contribution is 0.378. The Labute approximate surface area is 124 Å². The van der Waals surface area contributed by atoms with Crippen LogP contribution in [0.3, 0.4) is 0 Å². The molecular formula is C14H20N6O. The molecule has 21 heavy (non-hydrogen) atoms. The summed E-state index contributed by atoms with van der Waals surface area (Å²) < 4.78 is 5.14.